The largest absolute Gasteiger partial charge is 0.317 e. The predicted octanol–water partition coefficient (Wildman–Crippen LogP) is 4.09. The van der Waals surface area contributed by atoms with E-state index in [-0.39, 0.29) is 0 Å². The van der Waals surface area contributed by atoms with Crippen LogP contribution >= 0.6 is 0 Å². The van der Waals surface area contributed by atoms with Crippen LogP contribution in [0.5, 0.6) is 0 Å². The maximum Gasteiger partial charge on any atom is 0.0205 e. The van der Waals surface area contributed by atoms with E-state index in [2.05, 4.69) is 81.9 Å². The summed E-state index contributed by atoms with van der Waals surface area (Å²) in [4.78, 5) is 0. The van der Waals surface area contributed by atoms with E-state index in [0.717, 1.165) is 52.4 Å². The van der Waals surface area contributed by atoms with Gasteiger partial charge in [-0.3, -0.25) is 0 Å². The van der Waals surface area contributed by atoms with Crippen LogP contribution in [0.15, 0.2) is 60.7 Å². The summed E-state index contributed by atoms with van der Waals surface area (Å²) < 4.78 is 0. The van der Waals surface area contributed by atoms with E-state index in [0.29, 0.717) is 0 Å². The van der Waals surface area contributed by atoms with E-state index >= 15 is 0 Å². The summed E-state index contributed by atoms with van der Waals surface area (Å²) in [5.74, 6) is 0. The molecule has 0 heterocycles. The molecule has 0 radical (unpaired) electrons. The third kappa shape index (κ3) is 13.5. The van der Waals surface area contributed by atoms with Gasteiger partial charge in [-0.05, 0) is 76.1 Å². The summed E-state index contributed by atoms with van der Waals surface area (Å²) in [5.41, 5.74) is 2.72. The minimum Gasteiger partial charge on any atom is -0.317 e. The van der Waals surface area contributed by atoms with Crippen molar-refractivity contribution < 1.29 is 0 Å². The Morgan fingerprint density at radius 1 is 0.367 bits per heavy atom. The highest BCUT2D eigenvalue weighted by atomic mass is 14.9. The van der Waals surface area contributed by atoms with Gasteiger partial charge in [-0.25, -0.2) is 0 Å². The zero-order chi connectivity index (χ0) is 21.0. The average molecular weight is 411 g/mol. The molecule has 2 aromatic rings. The van der Waals surface area contributed by atoms with Crippen LogP contribution in [0.2, 0.25) is 0 Å². The van der Waals surface area contributed by atoms with Crippen molar-refractivity contribution in [2.45, 2.75) is 51.6 Å². The van der Waals surface area contributed by atoms with Gasteiger partial charge in [0.2, 0.25) is 0 Å². The van der Waals surface area contributed by atoms with Gasteiger partial charge >= 0.3 is 0 Å². The molecule has 0 saturated carbocycles. The molecule has 166 valence electrons. The van der Waals surface area contributed by atoms with Gasteiger partial charge in [0.05, 0.1) is 0 Å². The molecule has 0 saturated heterocycles. The van der Waals surface area contributed by atoms with Crippen molar-refractivity contribution in [1.82, 2.24) is 21.3 Å². The summed E-state index contributed by atoms with van der Waals surface area (Å²) in [6.45, 7) is 8.63. The normalized spacial score (nSPS) is 11.1. The summed E-state index contributed by atoms with van der Waals surface area (Å²) in [5, 5.41) is 14.1. The molecule has 4 N–H and O–H groups in total. The SMILES string of the molecule is c1ccc(CNCCCNCCCCCCNCCCNCc2ccccc2)cc1. The van der Waals surface area contributed by atoms with Gasteiger partial charge in [-0.2, -0.15) is 0 Å². The molecule has 0 aliphatic rings. The predicted molar refractivity (Wildman–Crippen MR) is 130 cm³/mol. The molecule has 0 spiro atoms. The fraction of sp³-hybridized carbons (Fsp3) is 0.538. The van der Waals surface area contributed by atoms with Crippen molar-refractivity contribution in [3.05, 3.63) is 71.8 Å². The van der Waals surface area contributed by atoms with Gasteiger partial charge in [0, 0.05) is 13.1 Å². The minimum absolute atomic E-state index is 0.971. The second-order valence-corrected chi connectivity index (χ2v) is 7.95. The maximum atomic E-state index is 3.56. The van der Waals surface area contributed by atoms with E-state index in [9.17, 15) is 0 Å². The number of rotatable bonds is 19. The van der Waals surface area contributed by atoms with E-state index in [1.54, 1.807) is 0 Å². The molecule has 0 atom stereocenters. The number of unbranched alkanes of at least 4 members (excludes halogenated alkanes) is 3. The average Bonchev–Trinajstić information content (AvgIpc) is 2.79. The molecule has 2 rings (SSSR count). The molecule has 0 aliphatic heterocycles. The molecular weight excluding hydrogens is 368 g/mol. The standard InChI is InChI=1S/C26H42N4/c1(9-17-27-19-11-21-29-23-25-13-5-3-6-14-25)2-10-18-28-20-12-22-30-24-26-15-7-4-8-16-26/h3-8,13-16,27-30H,1-2,9-12,17-24H2. The highest BCUT2D eigenvalue weighted by Gasteiger charge is 1.94. The van der Waals surface area contributed by atoms with Gasteiger partial charge in [-0.1, -0.05) is 73.5 Å². The quantitative estimate of drug-likeness (QED) is 0.264. The molecule has 30 heavy (non-hydrogen) atoms. The Labute approximate surface area is 184 Å². The minimum atomic E-state index is 0.971. The number of nitrogens with one attached hydrogen (secondary N) is 4. The van der Waals surface area contributed by atoms with Crippen LogP contribution in [0.25, 0.3) is 0 Å². The number of benzene rings is 2. The Kier molecular flexibility index (Phi) is 14.8. The van der Waals surface area contributed by atoms with Gasteiger partial charge < -0.3 is 21.3 Å². The molecule has 4 heteroatoms. The second kappa shape index (κ2) is 18.1. The topological polar surface area (TPSA) is 48.1 Å². The maximum absolute atomic E-state index is 3.56. The summed E-state index contributed by atoms with van der Waals surface area (Å²) in [6.07, 6.45) is 7.63. The monoisotopic (exact) mass is 410 g/mol. The van der Waals surface area contributed by atoms with Gasteiger partial charge in [0.25, 0.3) is 0 Å². The zero-order valence-electron chi connectivity index (χ0n) is 18.7. The lowest BCUT2D eigenvalue weighted by atomic mass is 10.2. The van der Waals surface area contributed by atoms with Crippen LogP contribution < -0.4 is 21.3 Å². The third-order valence-electron chi connectivity index (χ3n) is 5.22. The van der Waals surface area contributed by atoms with Crippen LogP contribution in [0.4, 0.5) is 0 Å². The van der Waals surface area contributed by atoms with Crippen LogP contribution in [-0.4, -0.2) is 39.3 Å². The number of hydrogen-bond donors (Lipinski definition) is 4. The lowest BCUT2D eigenvalue weighted by molar-refractivity contribution is 0.540. The first-order chi connectivity index (χ1) is 14.9. The molecule has 0 bridgehead atoms. The molecule has 0 unspecified atom stereocenters. The fourth-order valence-electron chi connectivity index (χ4n) is 3.44. The molecule has 2 aromatic carbocycles. The molecule has 4 nitrogen and oxygen atoms in total. The lowest BCUT2D eigenvalue weighted by Crippen LogP contribution is -2.23. The van der Waals surface area contributed by atoms with E-state index in [4.69, 9.17) is 0 Å². The van der Waals surface area contributed by atoms with Crippen molar-refractivity contribution >= 4 is 0 Å². The molecule has 0 fully saturated rings. The van der Waals surface area contributed by atoms with Crippen molar-refractivity contribution in [3.63, 3.8) is 0 Å². The van der Waals surface area contributed by atoms with E-state index < -0.39 is 0 Å². The number of hydrogen-bond acceptors (Lipinski definition) is 4. The zero-order valence-corrected chi connectivity index (χ0v) is 18.7. The van der Waals surface area contributed by atoms with Crippen molar-refractivity contribution in [2.24, 2.45) is 0 Å². The van der Waals surface area contributed by atoms with Crippen LogP contribution in [0.3, 0.4) is 0 Å². The van der Waals surface area contributed by atoms with Gasteiger partial charge in [0.1, 0.15) is 0 Å². The highest BCUT2D eigenvalue weighted by Crippen LogP contribution is 1.99. The summed E-state index contributed by atoms with van der Waals surface area (Å²) >= 11 is 0. The first kappa shape index (κ1) is 24.5. The second-order valence-electron chi connectivity index (χ2n) is 7.95. The lowest BCUT2D eigenvalue weighted by Gasteiger charge is -2.08. The van der Waals surface area contributed by atoms with Crippen molar-refractivity contribution in [2.75, 3.05) is 39.3 Å². The Morgan fingerprint density at radius 2 is 0.733 bits per heavy atom. The summed E-state index contributed by atoms with van der Waals surface area (Å²) in [6, 6.07) is 21.2. The first-order valence-corrected chi connectivity index (χ1v) is 11.9. The Bertz CT molecular complexity index is 547. The molecule has 0 aliphatic carbocycles. The molecule has 0 aromatic heterocycles. The molecular formula is C26H42N4. The van der Waals surface area contributed by atoms with Crippen molar-refractivity contribution in [1.29, 1.82) is 0 Å². The van der Waals surface area contributed by atoms with E-state index in [1.807, 2.05) is 0 Å². The van der Waals surface area contributed by atoms with E-state index in [1.165, 1.54) is 49.7 Å². The smallest absolute Gasteiger partial charge is 0.0205 e. The first-order valence-electron chi connectivity index (χ1n) is 11.9. The van der Waals surface area contributed by atoms with Crippen molar-refractivity contribution in [3.8, 4) is 0 Å². The Morgan fingerprint density at radius 3 is 1.17 bits per heavy atom. The third-order valence-corrected chi connectivity index (χ3v) is 5.22. The van der Waals surface area contributed by atoms with Crippen LogP contribution in [0.1, 0.15) is 49.7 Å². The highest BCUT2D eigenvalue weighted by molar-refractivity contribution is 5.14. The fourth-order valence-corrected chi connectivity index (χ4v) is 3.44. The Balaban J connectivity index is 1.23. The van der Waals surface area contributed by atoms with Gasteiger partial charge in [0.15, 0.2) is 0 Å². The van der Waals surface area contributed by atoms with Gasteiger partial charge in [-0.15, -0.1) is 0 Å². The molecule has 0 amide bonds. The van der Waals surface area contributed by atoms with Crippen LogP contribution in [-0.2, 0) is 13.1 Å². The van der Waals surface area contributed by atoms with Crippen LogP contribution in [0, 0.1) is 0 Å². The Hall–Kier alpha value is -1.72. The summed E-state index contributed by atoms with van der Waals surface area (Å²) in [7, 11) is 0.